The minimum absolute atomic E-state index is 0.00996. The monoisotopic (exact) mass is 342 g/mol. The first kappa shape index (κ1) is 15.7. The summed E-state index contributed by atoms with van der Waals surface area (Å²) in [5.41, 5.74) is -0.00996. The number of hydrogen-bond acceptors (Lipinski definition) is 4. The molecule has 2 aliphatic heterocycles. The Bertz CT molecular complexity index is 515. The lowest BCUT2D eigenvalue weighted by molar-refractivity contribution is -0.131. The number of hydrogen-bond donors (Lipinski definition) is 0. The highest BCUT2D eigenvalue weighted by Crippen LogP contribution is 2.41. The summed E-state index contributed by atoms with van der Waals surface area (Å²) in [5.74, 6) is 3.29. The van der Waals surface area contributed by atoms with Gasteiger partial charge in [0.1, 0.15) is 5.78 Å². The number of ketones is 1. The van der Waals surface area contributed by atoms with Crippen LogP contribution in [0.4, 0.5) is 0 Å². The summed E-state index contributed by atoms with van der Waals surface area (Å²) in [6.45, 7) is 0.735. The third-order valence-corrected chi connectivity index (χ3v) is 6.67. The number of rotatable bonds is 4. The summed E-state index contributed by atoms with van der Waals surface area (Å²) in [4.78, 5) is 13.5. The first-order valence-electron chi connectivity index (χ1n) is 7.30. The molecular weight excluding hydrogens is 324 g/mol. The molecule has 2 aliphatic rings. The van der Waals surface area contributed by atoms with Crippen LogP contribution < -0.4 is 0 Å². The number of ether oxygens (including phenoxy) is 1. The lowest BCUT2D eigenvalue weighted by Gasteiger charge is -2.37. The largest absolute Gasteiger partial charge is 0.374 e. The van der Waals surface area contributed by atoms with Gasteiger partial charge in [-0.1, -0.05) is 17.7 Å². The fraction of sp³-hybridized carbons (Fsp3) is 0.562. The average Bonchev–Trinajstić information content (AvgIpc) is 2.93. The van der Waals surface area contributed by atoms with E-state index in [4.69, 9.17) is 16.3 Å². The molecule has 0 bridgehead atoms. The van der Waals surface area contributed by atoms with Gasteiger partial charge < -0.3 is 4.74 Å². The number of carbonyl (C=O) groups is 1. The van der Waals surface area contributed by atoms with E-state index in [0.29, 0.717) is 11.5 Å². The second-order valence-corrected chi connectivity index (χ2v) is 8.33. The second-order valence-electron chi connectivity index (χ2n) is 5.74. The molecule has 2 atom stereocenters. The molecule has 3 rings (SSSR count). The van der Waals surface area contributed by atoms with Gasteiger partial charge in [-0.15, -0.1) is 11.8 Å². The quantitative estimate of drug-likeness (QED) is 0.762. The number of benzene rings is 1. The summed E-state index contributed by atoms with van der Waals surface area (Å²) in [6, 6.07) is 7.70. The molecule has 0 saturated carbocycles. The lowest BCUT2D eigenvalue weighted by atomic mass is 9.83. The third-order valence-electron chi connectivity index (χ3n) is 4.19. The maximum atomic E-state index is 12.5. The van der Waals surface area contributed by atoms with Gasteiger partial charge in [0.2, 0.25) is 0 Å². The van der Waals surface area contributed by atoms with Gasteiger partial charge in [0.05, 0.1) is 11.4 Å². The fourth-order valence-electron chi connectivity index (χ4n) is 2.99. The molecule has 1 spiro atoms. The van der Waals surface area contributed by atoms with Crippen LogP contribution in [-0.2, 0) is 9.53 Å². The SMILES string of the molecule is O=C(CSc1cccc(Cl)c1)C1CCOC2(CCSC2)C1. The molecule has 5 heteroatoms. The van der Waals surface area contributed by atoms with Crippen LogP contribution in [-0.4, -0.2) is 35.2 Å². The van der Waals surface area contributed by atoms with Crippen molar-refractivity contribution in [2.24, 2.45) is 5.92 Å². The van der Waals surface area contributed by atoms with Gasteiger partial charge in [0.15, 0.2) is 0 Å². The van der Waals surface area contributed by atoms with Crippen molar-refractivity contribution in [1.82, 2.24) is 0 Å². The van der Waals surface area contributed by atoms with E-state index in [1.54, 1.807) is 11.8 Å². The highest BCUT2D eigenvalue weighted by atomic mass is 35.5. The second kappa shape index (κ2) is 6.95. The van der Waals surface area contributed by atoms with Crippen molar-refractivity contribution in [3.05, 3.63) is 29.3 Å². The van der Waals surface area contributed by atoms with Gasteiger partial charge in [-0.2, -0.15) is 11.8 Å². The minimum Gasteiger partial charge on any atom is -0.374 e. The van der Waals surface area contributed by atoms with Crippen LogP contribution >= 0.6 is 35.1 Å². The van der Waals surface area contributed by atoms with Gasteiger partial charge >= 0.3 is 0 Å². The van der Waals surface area contributed by atoms with Crippen LogP contribution in [0.15, 0.2) is 29.2 Å². The zero-order valence-electron chi connectivity index (χ0n) is 11.8. The smallest absolute Gasteiger partial charge is 0.146 e. The molecular formula is C16H19ClO2S2. The molecule has 114 valence electrons. The standard InChI is InChI=1S/C16H19ClO2S2/c17-13-2-1-3-14(8-13)21-10-15(18)12-4-6-19-16(9-12)5-7-20-11-16/h1-3,8,12H,4-7,9-11H2. The van der Waals surface area contributed by atoms with Crippen LogP contribution in [0.2, 0.25) is 5.02 Å². The predicted molar refractivity (Wildman–Crippen MR) is 90.5 cm³/mol. The Morgan fingerprint density at radius 3 is 3.19 bits per heavy atom. The van der Waals surface area contributed by atoms with Crippen LogP contribution in [0.3, 0.4) is 0 Å². The molecule has 2 unspecified atom stereocenters. The Labute approximate surface area is 139 Å². The molecule has 0 aliphatic carbocycles. The number of carbonyl (C=O) groups excluding carboxylic acids is 1. The van der Waals surface area contributed by atoms with E-state index in [1.165, 1.54) is 0 Å². The van der Waals surface area contributed by atoms with E-state index in [9.17, 15) is 4.79 Å². The van der Waals surface area contributed by atoms with Gasteiger partial charge in [-0.05, 0) is 43.2 Å². The normalized spacial score (nSPS) is 28.9. The molecule has 1 aromatic carbocycles. The Morgan fingerprint density at radius 2 is 2.43 bits per heavy atom. The van der Waals surface area contributed by atoms with E-state index in [0.717, 1.165) is 47.3 Å². The maximum Gasteiger partial charge on any atom is 0.146 e. The Kier molecular flexibility index (Phi) is 5.20. The van der Waals surface area contributed by atoms with Crippen LogP contribution in [0.25, 0.3) is 0 Å². The maximum absolute atomic E-state index is 12.5. The van der Waals surface area contributed by atoms with Crippen molar-refractivity contribution < 1.29 is 9.53 Å². The molecule has 0 radical (unpaired) electrons. The number of Topliss-reactive ketones (excluding diaryl/α,β-unsaturated/α-hetero) is 1. The molecule has 2 nitrogen and oxygen atoms in total. The minimum atomic E-state index is -0.00996. The first-order chi connectivity index (χ1) is 10.2. The summed E-state index contributed by atoms with van der Waals surface area (Å²) in [6.07, 6.45) is 2.89. The van der Waals surface area contributed by atoms with Crippen molar-refractivity contribution in [3.8, 4) is 0 Å². The van der Waals surface area contributed by atoms with Crippen molar-refractivity contribution in [2.45, 2.75) is 29.8 Å². The van der Waals surface area contributed by atoms with Crippen LogP contribution in [0, 0.1) is 5.92 Å². The predicted octanol–water partition coefficient (Wildman–Crippen LogP) is 4.30. The van der Waals surface area contributed by atoms with Crippen LogP contribution in [0.1, 0.15) is 19.3 Å². The first-order valence-corrected chi connectivity index (χ1v) is 9.82. The Balaban J connectivity index is 1.55. The van der Waals surface area contributed by atoms with Crippen LogP contribution in [0.5, 0.6) is 0 Å². The highest BCUT2D eigenvalue weighted by molar-refractivity contribution is 8.00. The summed E-state index contributed by atoms with van der Waals surface area (Å²) in [5, 5.41) is 0.723. The van der Waals surface area contributed by atoms with Crippen molar-refractivity contribution in [1.29, 1.82) is 0 Å². The van der Waals surface area contributed by atoms with E-state index in [2.05, 4.69) is 0 Å². The van der Waals surface area contributed by atoms with E-state index >= 15 is 0 Å². The van der Waals surface area contributed by atoms with Crippen molar-refractivity contribution >= 4 is 40.9 Å². The van der Waals surface area contributed by atoms with Gasteiger partial charge in [-0.25, -0.2) is 0 Å². The van der Waals surface area contributed by atoms with Gasteiger partial charge in [0.25, 0.3) is 0 Å². The Morgan fingerprint density at radius 1 is 1.52 bits per heavy atom. The molecule has 0 aromatic heterocycles. The van der Waals surface area contributed by atoms with E-state index in [1.807, 2.05) is 36.0 Å². The van der Waals surface area contributed by atoms with E-state index in [-0.39, 0.29) is 11.5 Å². The van der Waals surface area contributed by atoms with Crippen molar-refractivity contribution in [2.75, 3.05) is 23.9 Å². The van der Waals surface area contributed by atoms with E-state index < -0.39 is 0 Å². The number of halogens is 1. The fourth-order valence-corrected chi connectivity index (χ4v) is 5.56. The highest BCUT2D eigenvalue weighted by Gasteiger charge is 2.42. The third kappa shape index (κ3) is 3.98. The zero-order valence-corrected chi connectivity index (χ0v) is 14.2. The zero-order chi connectivity index (χ0) is 14.7. The molecule has 2 saturated heterocycles. The van der Waals surface area contributed by atoms with Crippen molar-refractivity contribution in [3.63, 3.8) is 0 Å². The topological polar surface area (TPSA) is 26.3 Å². The molecule has 2 fully saturated rings. The summed E-state index contributed by atoms with van der Waals surface area (Å²) >= 11 is 9.51. The Hall–Kier alpha value is -0.160. The molecule has 21 heavy (non-hydrogen) atoms. The lowest BCUT2D eigenvalue weighted by Crippen LogP contribution is -2.42. The van der Waals surface area contributed by atoms with Gasteiger partial charge in [-0.3, -0.25) is 4.79 Å². The molecule has 1 aromatic rings. The number of thioether (sulfide) groups is 2. The average molecular weight is 343 g/mol. The van der Waals surface area contributed by atoms with Gasteiger partial charge in [0, 0.05) is 28.2 Å². The summed E-state index contributed by atoms with van der Waals surface area (Å²) in [7, 11) is 0. The summed E-state index contributed by atoms with van der Waals surface area (Å²) < 4.78 is 5.99. The molecule has 0 amide bonds. The molecule has 2 heterocycles. The molecule has 0 N–H and O–H groups in total.